The second-order valence-corrected chi connectivity index (χ2v) is 6.27. The van der Waals surface area contributed by atoms with Crippen molar-refractivity contribution in [1.29, 1.82) is 0 Å². The summed E-state index contributed by atoms with van der Waals surface area (Å²) in [6, 6.07) is 4.59. The van der Waals surface area contributed by atoms with Crippen LogP contribution in [0.15, 0.2) is 22.0 Å². The van der Waals surface area contributed by atoms with Gasteiger partial charge in [-0.05, 0) is 28.1 Å². The van der Waals surface area contributed by atoms with Crippen molar-refractivity contribution in [1.82, 2.24) is 8.75 Å². The zero-order valence-electron chi connectivity index (χ0n) is 8.08. The number of benzene rings is 1. The van der Waals surface area contributed by atoms with E-state index in [2.05, 4.69) is 24.7 Å². The minimum absolute atomic E-state index is 0.185. The van der Waals surface area contributed by atoms with Gasteiger partial charge in [-0.1, -0.05) is 0 Å². The lowest BCUT2D eigenvalue weighted by atomic mass is 10.1. The molecular weight excluding hydrogens is 330 g/mol. The lowest BCUT2D eigenvalue weighted by Crippen LogP contribution is -1.90. The van der Waals surface area contributed by atoms with Crippen LogP contribution < -0.4 is 0 Å². The topological polar surface area (TPSA) is 25.8 Å². The number of aromatic nitrogens is 2. The minimum atomic E-state index is -0.898. The molecule has 17 heavy (non-hydrogen) atoms. The molecule has 0 aliphatic heterocycles. The number of rotatable bonds is 1. The van der Waals surface area contributed by atoms with Gasteiger partial charge in [-0.25, -0.2) is 8.78 Å². The summed E-state index contributed by atoms with van der Waals surface area (Å²) < 4.78 is 36.1. The van der Waals surface area contributed by atoms with Gasteiger partial charge in [-0.15, -0.1) is 11.3 Å². The molecule has 0 N–H and O–H groups in total. The smallest absolute Gasteiger partial charge is 0.169 e. The molecule has 0 bridgehead atoms. The van der Waals surface area contributed by atoms with Gasteiger partial charge in [-0.3, -0.25) is 0 Å². The molecule has 0 saturated heterocycles. The predicted octanol–water partition coefficient (Wildman–Crippen LogP) is 4.46. The highest BCUT2D eigenvalue weighted by Gasteiger charge is 2.19. The van der Waals surface area contributed by atoms with Crippen molar-refractivity contribution in [3.05, 3.63) is 33.6 Å². The number of hydrogen-bond acceptors (Lipinski definition) is 4. The van der Waals surface area contributed by atoms with Crippen LogP contribution in [-0.4, -0.2) is 8.75 Å². The molecule has 0 amide bonds. The van der Waals surface area contributed by atoms with Crippen LogP contribution in [0.25, 0.3) is 21.5 Å². The average Bonchev–Trinajstić information content (AvgIpc) is 2.89. The van der Waals surface area contributed by atoms with E-state index in [1.165, 1.54) is 11.3 Å². The summed E-state index contributed by atoms with van der Waals surface area (Å²) >= 11 is 5.57. The first-order valence-corrected chi connectivity index (χ1v) is 6.87. The Bertz CT molecular complexity index is 707. The highest BCUT2D eigenvalue weighted by molar-refractivity contribution is 9.11. The molecule has 86 valence electrons. The summed E-state index contributed by atoms with van der Waals surface area (Å²) in [5, 5.41) is 0. The molecule has 3 aromatic rings. The van der Waals surface area contributed by atoms with Crippen molar-refractivity contribution in [3.8, 4) is 10.4 Å². The van der Waals surface area contributed by atoms with Crippen LogP contribution in [0.1, 0.15) is 0 Å². The van der Waals surface area contributed by atoms with E-state index in [0.29, 0.717) is 15.9 Å². The second kappa shape index (κ2) is 4.08. The molecule has 1 aromatic carbocycles. The van der Waals surface area contributed by atoms with Crippen molar-refractivity contribution in [2.75, 3.05) is 0 Å². The molecule has 0 aliphatic rings. The molecule has 0 fully saturated rings. The summed E-state index contributed by atoms with van der Waals surface area (Å²) in [7, 11) is 0. The monoisotopic (exact) mass is 332 g/mol. The fraction of sp³-hybridized carbons (Fsp3) is 0. The van der Waals surface area contributed by atoms with Gasteiger partial charge in [0.05, 0.1) is 21.1 Å². The Labute approximate surface area is 111 Å². The maximum atomic E-state index is 13.9. The van der Waals surface area contributed by atoms with Crippen molar-refractivity contribution in [2.45, 2.75) is 0 Å². The van der Waals surface area contributed by atoms with Gasteiger partial charge in [0, 0.05) is 10.9 Å². The normalized spacial score (nSPS) is 11.2. The maximum absolute atomic E-state index is 13.9. The van der Waals surface area contributed by atoms with E-state index in [0.717, 1.165) is 21.6 Å². The molecule has 2 heterocycles. The summed E-state index contributed by atoms with van der Waals surface area (Å²) in [6.45, 7) is 0. The summed E-state index contributed by atoms with van der Waals surface area (Å²) in [5.74, 6) is -1.77. The summed E-state index contributed by atoms with van der Waals surface area (Å²) in [5.41, 5.74) is 0.973. The zero-order chi connectivity index (χ0) is 12.0. The van der Waals surface area contributed by atoms with Crippen molar-refractivity contribution < 1.29 is 8.78 Å². The number of hydrogen-bond donors (Lipinski definition) is 0. The van der Waals surface area contributed by atoms with E-state index in [1.54, 1.807) is 12.1 Å². The van der Waals surface area contributed by atoms with Crippen molar-refractivity contribution >= 4 is 50.0 Å². The lowest BCUT2D eigenvalue weighted by Gasteiger charge is -2.01. The number of nitrogens with zero attached hydrogens (tertiary/aromatic N) is 2. The highest BCUT2D eigenvalue weighted by atomic mass is 79.9. The maximum Gasteiger partial charge on any atom is 0.169 e. The molecule has 3 rings (SSSR count). The van der Waals surface area contributed by atoms with E-state index in [4.69, 9.17) is 0 Å². The molecule has 0 unspecified atom stereocenters. The first kappa shape index (κ1) is 11.2. The SMILES string of the molecule is Fc1cc2nsnc2c(-c2ccc(Br)s2)c1F. The van der Waals surface area contributed by atoms with Crippen LogP contribution in [0.3, 0.4) is 0 Å². The fourth-order valence-electron chi connectivity index (χ4n) is 1.54. The molecule has 0 radical (unpaired) electrons. The van der Waals surface area contributed by atoms with Crippen LogP contribution in [-0.2, 0) is 0 Å². The van der Waals surface area contributed by atoms with Gasteiger partial charge in [-0.2, -0.15) is 8.75 Å². The van der Waals surface area contributed by atoms with Crippen molar-refractivity contribution in [2.24, 2.45) is 0 Å². The van der Waals surface area contributed by atoms with E-state index in [-0.39, 0.29) is 5.56 Å². The van der Waals surface area contributed by atoms with Crippen LogP contribution in [0.5, 0.6) is 0 Å². The highest BCUT2D eigenvalue weighted by Crippen LogP contribution is 2.37. The Morgan fingerprint density at radius 3 is 2.71 bits per heavy atom. The van der Waals surface area contributed by atoms with Crippen LogP contribution in [0.2, 0.25) is 0 Å². The van der Waals surface area contributed by atoms with E-state index in [9.17, 15) is 8.78 Å². The molecule has 2 nitrogen and oxygen atoms in total. The number of thiophene rings is 1. The Morgan fingerprint density at radius 1 is 1.18 bits per heavy atom. The largest absolute Gasteiger partial charge is 0.204 e. The standard InChI is InChI=1S/C10H3BrF2N2S2/c11-7-2-1-6(16-7)8-9(13)4(12)3-5-10(8)15-17-14-5/h1-3H. The molecule has 2 aromatic heterocycles. The van der Waals surface area contributed by atoms with Gasteiger partial charge in [0.15, 0.2) is 11.6 Å². The van der Waals surface area contributed by atoms with E-state index >= 15 is 0 Å². The Balaban J connectivity index is 2.40. The number of halogens is 3. The molecule has 0 saturated carbocycles. The third kappa shape index (κ3) is 1.78. The van der Waals surface area contributed by atoms with Gasteiger partial charge in [0.1, 0.15) is 11.0 Å². The quantitative estimate of drug-likeness (QED) is 0.657. The molecule has 0 atom stereocenters. The third-order valence-electron chi connectivity index (χ3n) is 2.26. The summed E-state index contributed by atoms with van der Waals surface area (Å²) in [4.78, 5) is 0.631. The average molecular weight is 333 g/mol. The molecule has 0 aliphatic carbocycles. The predicted molar refractivity (Wildman–Crippen MR) is 68.3 cm³/mol. The van der Waals surface area contributed by atoms with E-state index < -0.39 is 11.6 Å². The van der Waals surface area contributed by atoms with Gasteiger partial charge < -0.3 is 0 Å². The van der Waals surface area contributed by atoms with Crippen molar-refractivity contribution in [3.63, 3.8) is 0 Å². The Hall–Kier alpha value is -0.920. The van der Waals surface area contributed by atoms with Crippen LogP contribution in [0, 0.1) is 11.6 Å². The summed E-state index contributed by atoms with van der Waals surface area (Å²) in [6.07, 6.45) is 0. The van der Waals surface area contributed by atoms with Gasteiger partial charge in [0.25, 0.3) is 0 Å². The second-order valence-electron chi connectivity index (χ2n) is 3.28. The van der Waals surface area contributed by atoms with Gasteiger partial charge >= 0.3 is 0 Å². The van der Waals surface area contributed by atoms with Crippen LogP contribution in [0.4, 0.5) is 8.78 Å². The fourth-order valence-corrected chi connectivity index (χ4v) is 3.50. The third-order valence-corrected chi connectivity index (χ3v) is 4.45. The lowest BCUT2D eigenvalue weighted by molar-refractivity contribution is 0.513. The first-order valence-electron chi connectivity index (χ1n) is 4.53. The van der Waals surface area contributed by atoms with Gasteiger partial charge in [0.2, 0.25) is 0 Å². The van der Waals surface area contributed by atoms with E-state index in [1.807, 2.05) is 0 Å². The molecular formula is C10H3BrF2N2S2. The Morgan fingerprint density at radius 2 is 2.00 bits per heavy atom. The Kier molecular flexibility index (Phi) is 2.68. The minimum Gasteiger partial charge on any atom is -0.204 e. The van der Waals surface area contributed by atoms with Crippen LogP contribution >= 0.6 is 39.0 Å². The molecule has 7 heteroatoms. The zero-order valence-corrected chi connectivity index (χ0v) is 11.3. The molecule has 0 spiro atoms. The number of fused-ring (bicyclic) bond motifs is 1. The first-order chi connectivity index (χ1) is 8.16.